The predicted molar refractivity (Wildman–Crippen MR) is 163 cm³/mol. The van der Waals surface area contributed by atoms with Crippen molar-refractivity contribution < 1.29 is 19.0 Å². The van der Waals surface area contributed by atoms with E-state index in [1.54, 1.807) is 0 Å². The maximum atomic E-state index is 13.7. The van der Waals surface area contributed by atoms with Gasteiger partial charge in [-0.3, -0.25) is 0 Å². The molecule has 1 aliphatic heterocycles. The van der Waals surface area contributed by atoms with Gasteiger partial charge in [0.1, 0.15) is 12.4 Å². The first-order chi connectivity index (χ1) is 20.1. The number of esters is 1. The van der Waals surface area contributed by atoms with Gasteiger partial charge in [-0.1, -0.05) is 76.1 Å². The number of nitrogens with zero attached hydrogens (tertiary/aromatic N) is 1. The summed E-state index contributed by atoms with van der Waals surface area (Å²) >= 11 is 0. The van der Waals surface area contributed by atoms with Crippen molar-refractivity contribution in [2.75, 3.05) is 19.8 Å². The molecule has 0 fully saturated rings. The highest BCUT2D eigenvalue weighted by Crippen LogP contribution is 2.40. The number of fused-ring (bicyclic) bond motifs is 3. The molecule has 0 amide bonds. The van der Waals surface area contributed by atoms with Crippen molar-refractivity contribution in [2.24, 2.45) is 0 Å². The van der Waals surface area contributed by atoms with Crippen molar-refractivity contribution in [3.63, 3.8) is 0 Å². The van der Waals surface area contributed by atoms with Gasteiger partial charge in [0, 0.05) is 47.2 Å². The molecule has 0 spiro atoms. The molecule has 4 aromatic rings. The average molecular weight is 556 g/mol. The molecular weight excluding hydrogens is 514 g/mol. The molecule has 0 atom stereocenters. The number of nitrogens with one attached hydrogen (secondary N) is 2. The summed E-state index contributed by atoms with van der Waals surface area (Å²) in [4.78, 5) is 22.3. The first-order valence-corrected chi connectivity index (χ1v) is 15.0. The van der Waals surface area contributed by atoms with E-state index in [4.69, 9.17) is 19.2 Å². The van der Waals surface area contributed by atoms with E-state index in [1.165, 1.54) is 16.6 Å². The molecule has 0 radical (unpaired) electrons. The molecule has 0 bridgehead atoms. The number of carbonyl (C=O) groups excluding carboxylic acids is 1. The normalized spacial score (nSPS) is 12.8. The third kappa shape index (κ3) is 6.41. The fraction of sp³-hybridized carbons (Fsp3) is 0.412. The van der Waals surface area contributed by atoms with Gasteiger partial charge in [-0.25, -0.2) is 9.78 Å². The molecule has 7 heteroatoms. The zero-order valence-electron chi connectivity index (χ0n) is 24.5. The second-order valence-electron chi connectivity index (χ2n) is 10.5. The lowest BCUT2D eigenvalue weighted by Crippen LogP contribution is -2.22. The zero-order valence-corrected chi connectivity index (χ0v) is 24.5. The van der Waals surface area contributed by atoms with E-state index in [9.17, 15) is 4.79 Å². The van der Waals surface area contributed by atoms with Crippen LogP contribution in [0.4, 0.5) is 0 Å². The Balaban J connectivity index is 1.60. The van der Waals surface area contributed by atoms with Gasteiger partial charge in [-0.2, -0.15) is 0 Å². The standard InChI is InChI=1S/C34H41N3O4/c1-4-7-18-39-32-25(6-3)31(24-14-15-26-27-21-35-17-16-28(27)36-29(26)20-24)37-33(40-19-8-5-2)30(32)34(38)41-22-23-12-10-9-11-13-23/h9-15,20,35-36H,4-8,16-19,21-22H2,1-3H3. The molecule has 2 aromatic carbocycles. The summed E-state index contributed by atoms with van der Waals surface area (Å²) in [6, 6.07) is 16.1. The Kier molecular flexibility index (Phi) is 9.57. The van der Waals surface area contributed by atoms with Crippen molar-refractivity contribution in [3.05, 3.63) is 76.5 Å². The van der Waals surface area contributed by atoms with E-state index in [1.807, 2.05) is 30.3 Å². The lowest BCUT2D eigenvalue weighted by Gasteiger charge is -2.21. The summed E-state index contributed by atoms with van der Waals surface area (Å²) in [6.07, 6.45) is 5.31. The van der Waals surface area contributed by atoms with Gasteiger partial charge in [-0.15, -0.1) is 0 Å². The highest BCUT2D eigenvalue weighted by Gasteiger charge is 2.29. The van der Waals surface area contributed by atoms with Crippen LogP contribution < -0.4 is 14.8 Å². The number of hydrogen-bond donors (Lipinski definition) is 2. The fourth-order valence-electron chi connectivity index (χ4n) is 5.32. The number of pyridine rings is 1. The Morgan fingerprint density at radius 1 is 0.976 bits per heavy atom. The Morgan fingerprint density at radius 3 is 2.51 bits per heavy atom. The number of benzene rings is 2. The zero-order chi connectivity index (χ0) is 28.6. The molecule has 7 nitrogen and oxygen atoms in total. The molecule has 41 heavy (non-hydrogen) atoms. The van der Waals surface area contributed by atoms with Crippen LogP contribution in [0.15, 0.2) is 48.5 Å². The Hall–Kier alpha value is -3.84. The smallest absolute Gasteiger partial charge is 0.347 e. The molecule has 216 valence electrons. The highest BCUT2D eigenvalue weighted by atomic mass is 16.5. The van der Waals surface area contributed by atoms with Gasteiger partial charge in [0.05, 0.1) is 18.9 Å². The van der Waals surface area contributed by atoms with Crippen molar-refractivity contribution >= 4 is 16.9 Å². The van der Waals surface area contributed by atoms with Crippen LogP contribution in [0.25, 0.3) is 22.2 Å². The van der Waals surface area contributed by atoms with Crippen LogP contribution in [-0.4, -0.2) is 35.7 Å². The van der Waals surface area contributed by atoms with Gasteiger partial charge >= 0.3 is 5.97 Å². The molecule has 2 N–H and O–H groups in total. The van der Waals surface area contributed by atoms with Crippen LogP contribution >= 0.6 is 0 Å². The number of ether oxygens (including phenoxy) is 3. The lowest BCUT2D eigenvalue weighted by molar-refractivity contribution is 0.0461. The van der Waals surface area contributed by atoms with Crippen molar-refractivity contribution in [2.45, 2.75) is 72.4 Å². The quantitative estimate of drug-likeness (QED) is 0.135. The van der Waals surface area contributed by atoms with Gasteiger partial charge in [0.2, 0.25) is 5.88 Å². The minimum Gasteiger partial charge on any atom is -0.492 e. The summed E-state index contributed by atoms with van der Waals surface area (Å²) in [6.45, 7) is 9.27. The summed E-state index contributed by atoms with van der Waals surface area (Å²) in [5.41, 5.74) is 7.54. The van der Waals surface area contributed by atoms with Crippen LogP contribution in [0.3, 0.4) is 0 Å². The Bertz CT molecular complexity index is 1480. The number of rotatable bonds is 13. The molecule has 0 saturated heterocycles. The molecule has 0 aliphatic carbocycles. The topological polar surface area (TPSA) is 85.5 Å². The first kappa shape index (κ1) is 28.7. The molecule has 0 unspecified atom stereocenters. The first-order valence-electron chi connectivity index (χ1n) is 15.0. The molecule has 3 heterocycles. The largest absolute Gasteiger partial charge is 0.492 e. The lowest BCUT2D eigenvalue weighted by atomic mass is 9.98. The number of aromatic nitrogens is 2. The Labute approximate surface area is 242 Å². The van der Waals surface area contributed by atoms with E-state index in [2.05, 4.69) is 49.3 Å². The van der Waals surface area contributed by atoms with E-state index in [0.717, 1.165) is 73.1 Å². The van der Waals surface area contributed by atoms with E-state index >= 15 is 0 Å². The molecule has 5 rings (SSSR count). The number of hydrogen-bond acceptors (Lipinski definition) is 6. The second kappa shape index (κ2) is 13.7. The van der Waals surface area contributed by atoms with Crippen LogP contribution in [0.1, 0.15) is 79.2 Å². The highest BCUT2D eigenvalue weighted by molar-refractivity contribution is 5.97. The van der Waals surface area contributed by atoms with E-state index in [0.29, 0.717) is 25.4 Å². The van der Waals surface area contributed by atoms with Crippen molar-refractivity contribution in [1.82, 2.24) is 15.3 Å². The number of aromatic amines is 1. The van der Waals surface area contributed by atoms with Gasteiger partial charge < -0.3 is 24.5 Å². The summed E-state index contributed by atoms with van der Waals surface area (Å²) in [7, 11) is 0. The summed E-state index contributed by atoms with van der Waals surface area (Å²) in [5, 5.41) is 4.71. The monoisotopic (exact) mass is 555 g/mol. The third-order valence-electron chi connectivity index (χ3n) is 7.59. The average Bonchev–Trinajstić information content (AvgIpc) is 3.38. The predicted octanol–water partition coefficient (Wildman–Crippen LogP) is 7.15. The van der Waals surface area contributed by atoms with E-state index in [-0.39, 0.29) is 18.1 Å². The maximum absolute atomic E-state index is 13.7. The van der Waals surface area contributed by atoms with Crippen LogP contribution in [-0.2, 0) is 30.7 Å². The van der Waals surface area contributed by atoms with Crippen LogP contribution in [0.2, 0.25) is 0 Å². The minimum absolute atomic E-state index is 0.161. The summed E-state index contributed by atoms with van der Waals surface area (Å²) in [5.74, 6) is 0.302. The molecular formula is C34H41N3O4. The number of H-pyrrole nitrogens is 1. The van der Waals surface area contributed by atoms with Crippen LogP contribution in [0.5, 0.6) is 11.6 Å². The van der Waals surface area contributed by atoms with Gasteiger partial charge in [-0.05, 0) is 36.5 Å². The van der Waals surface area contributed by atoms with Crippen molar-refractivity contribution in [3.8, 4) is 22.9 Å². The SMILES string of the molecule is CCCCOc1nc(-c2ccc3c4c([nH]c3c2)CCNC4)c(CC)c(OCCCC)c1C(=O)OCc1ccccc1. The molecule has 0 saturated carbocycles. The van der Waals surface area contributed by atoms with E-state index < -0.39 is 5.97 Å². The third-order valence-corrected chi connectivity index (χ3v) is 7.59. The molecule has 1 aliphatic rings. The fourth-order valence-corrected chi connectivity index (χ4v) is 5.32. The van der Waals surface area contributed by atoms with Crippen LogP contribution in [0, 0.1) is 0 Å². The number of carbonyl (C=O) groups is 1. The summed E-state index contributed by atoms with van der Waals surface area (Å²) < 4.78 is 18.4. The van der Waals surface area contributed by atoms with Gasteiger partial charge in [0.15, 0.2) is 5.56 Å². The minimum atomic E-state index is -0.486. The number of unbranched alkanes of at least 4 members (excludes halogenated alkanes) is 2. The van der Waals surface area contributed by atoms with Gasteiger partial charge in [0.25, 0.3) is 0 Å². The van der Waals surface area contributed by atoms with Crippen molar-refractivity contribution in [1.29, 1.82) is 0 Å². The molecule has 2 aromatic heterocycles. The Morgan fingerprint density at radius 2 is 1.76 bits per heavy atom. The maximum Gasteiger partial charge on any atom is 0.347 e. The second-order valence-corrected chi connectivity index (χ2v) is 10.5.